The van der Waals surface area contributed by atoms with E-state index in [2.05, 4.69) is 37.9 Å². The number of nitrogens with zero attached hydrogens (tertiary/aromatic N) is 3. The standard InChI is InChI=1S/C16H18ClN5O.HI/c1-18-16(20-13-4-2-3-5-13)19-10-14-21-15(22-23-14)11-6-8-12(17)9-7-11;/h2-3,6-9,13H,4-5,10H2,1H3,(H2,18,19,20);1H. The van der Waals surface area contributed by atoms with Crippen molar-refractivity contribution in [3.05, 3.63) is 47.3 Å². The Morgan fingerprint density at radius 3 is 2.67 bits per heavy atom. The predicted molar refractivity (Wildman–Crippen MR) is 106 cm³/mol. The number of hydrogen-bond donors (Lipinski definition) is 2. The molecule has 0 aliphatic heterocycles. The van der Waals surface area contributed by atoms with Crippen LogP contribution in [0, 0.1) is 0 Å². The van der Waals surface area contributed by atoms with Gasteiger partial charge in [-0.2, -0.15) is 4.98 Å². The third-order valence-electron chi connectivity index (χ3n) is 3.55. The minimum absolute atomic E-state index is 0. The van der Waals surface area contributed by atoms with Crippen molar-refractivity contribution in [3.63, 3.8) is 0 Å². The summed E-state index contributed by atoms with van der Waals surface area (Å²) >= 11 is 5.88. The normalized spacial score (nSPS) is 14.5. The average Bonchev–Trinajstić information content (AvgIpc) is 3.24. The zero-order valence-corrected chi connectivity index (χ0v) is 16.3. The van der Waals surface area contributed by atoms with Gasteiger partial charge in [-0.25, -0.2) is 0 Å². The molecule has 0 unspecified atom stereocenters. The quantitative estimate of drug-likeness (QED) is 0.317. The molecule has 8 heteroatoms. The molecule has 0 radical (unpaired) electrons. The first-order valence-electron chi connectivity index (χ1n) is 7.45. The number of benzene rings is 1. The monoisotopic (exact) mass is 459 g/mol. The van der Waals surface area contributed by atoms with Crippen molar-refractivity contribution in [2.75, 3.05) is 7.05 Å². The fourth-order valence-corrected chi connectivity index (χ4v) is 2.45. The fourth-order valence-electron chi connectivity index (χ4n) is 2.33. The molecule has 1 aliphatic rings. The van der Waals surface area contributed by atoms with E-state index in [4.69, 9.17) is 16.1 Å². The number of aliphatic imine (C=N–C) groups is 1. The second-order valence-corrected chi connectivity index (χ2v) is 5.66. The van der Waals surface area contributed by atoms with Crippen LogP contribution in [0.15, 0.2) is 45.9 Å². The van der Waals surface area contributed by atoms with E-state index in [1.165, 1.54) is 0 Å². The van der Waals surface area contributed by atoms with Crippen LogP contribution in [0.3, 0.4) is 0 Å². The van der Waals surface area contributed by atoms with Gasteiger partial charge in [0, 0.05) is 23.7 Å². The van der Waals surface area contributed by atoms with Gasteiger partial charge in [-0.05, 0) is 37.1 Å². The summed E-state index contributed by atoms with van der Waals surface area (Å²) in [5, 5.41) is 11.2. The minimum Gasteiger partial charge on any atom is -0.353 e. The molecule has 1 aliphatic carbocycles. The van der Waals surface area contributed by atoms with E-state index in [9.17, 15) is 0 Å². The molecule has 128 valence electrons. The molecule has 0 fully saturated rings. The van der Waals surface area contributed by atoms with Gasteiger partial charge in [0.25, 0.3) is 0 Å². The van der Waals surface area contributed by atoms with E-state index < -0.39 is 0 Å². The number of hydrogen-bond acceptors (Lipinski definition) is 4. The Labute approximate surface area is 162 Å². The Morgan fingerprint density at radius 1 is 1.29 bits per heavy atom. The van der Waals surface area contributed by atoms with Crippen molar-refractivity contribution < 1.29 is 4.52 Å². The minimum atomic E-state index is 0. The molecule has 2 N–H and O–H groups in total. The first-order chi connectivity index (χ1) is 11.2. The van der Waals surface area contributed by atoms with Crippen molar-refractivity contribution in [2.45, 2.75) is 25.4 Å². The molecule has 2 aromatic rings. The highest BCUT2D eigenvalue weighted by molar-refractivity contribution is 14.0. The van der Waals surface area contributed by atoms with Crippen molar-refractivity contribution in [1.29, 1.82) is 0 Å². The summed E-state index contributed by atoms with van der Waals surface area (Å²) in [5.74, 6) is 1.77. The fraction of sp³-hybridized carbons (Fsp3) is 0.312. The van der Waals surface area contributed by atoms with Crippen LogP contribution < -0.4 is 10.6 Å². The van der Waals surface area contributed by atoms with E-state index >= 15 is 0 Å². The number of nitrogens with one attached hydrogen (secondary N) is 2. The highest BCUT2D eigenvalue weighted by Gasteiger charge is 2.13. The third-order valence-corrected chi connectivity index (χ3v) is 3.80. The average molecular weight is 460 g/mol. The molecule has 24 heavy (non-hydrogen) atoms. The van der Waals surface area contributed by atoms with Crippen molar-refractivity contribution in [2.24, 2.45) is 4.99 Å². The molecule has 1 aromatic carbocycles. The van der Waals surface area contributed by atoms with Crippen LogP contribution >= 0.6 is 35.6 Å². The largest absolute Gasteiger partial charge is 0.353 e. The molecule has 6 nitrogen and oxygen atoms in total. The van der Waals surface area contributed by atoms with Gasteiger partial charge in [-0.15, -0.1) is 24.0 Å². The van der Waals surface area contributed by atoms with Gasteiger partial charge in [0.05, 0.1) is 6.54 Å². The smallest absolute Gasteiger partial charge is 0.246 e. The second-order valence-electron chi connectivity index (χ2n) is 5.23. The van der Waals surface area contributed by atoms with E-state index in [1.807, 2.05) is 12.1 Å². The molecule has 0 spiro atoms. The Morgan fingerprint density at radius 2 is 2.00 bits per heavy atom. The van der Waals surface area contributed by atoms with Crippen LogP contribution in [0.4, 0.5) is 0 Å². The lowest BCUT2D eigenvalue weighted by Crippen LogP contribution is -2.42. The van der Waals surface area contributed by atoms with Gasteiger partial charge < -0.3 is 15.2 Å². The van der Waals surface area contributed by atoms with Crippen LogP contribution in [-0.4, -0.2) is 29.2 Å². The Bertz CT molecular complexity index is 706. The lowest BCUT2D eigenvalue weighted by molar-refractivity contribution is 0.375. The molecule has 0 saturated carbocycles. The Kier molecular flexibility index (Phi) is 7.04. The highest BCUT2D eigenvalue weighted by Crippen LogP contribution is 2.18. The molecule has 0 bridgehead atoms. The van der Waals surface area contributed by atoms with Crippen LogP contribution in [0.2, 0.25) is 5.02 Å². The Hall–Kier alpha value is -1.61. The third kappa shape index (κ3) is 4.94. The summed E-state index contributed by atoms with van der Waals surface area (Å²) in [5.41, 5.74) is 0.865. The maximum absolute atomic E-state index is 5.88. The van der Waals surface area contributed by atoms with E-state index in [0.717, 1.165) is 24.4 Å². The SMILES string of the molecule is CN=C(NCc1nc(-c2ccc(Cl)cc2)no1)NC1CC=CC1.I. The zero-order chi connectivity index (χ0) is 16.1. The summed E-state index contributed by atoms with van der Waals surface area (Å²) in [6, 6.07) is 7.71. The zero-order valence-electron chi connectivity index (χ0n) is 13.2. The summed E-state index contributed by atoms with van der Waals surface area (Å²) in [6.45, 7) is 0.417. The summed E-state index contributed by atoms with van der Waals surface area (Å²) in [6.07, 6.45) is 6.37. The number of guanidine groups is 1. The number of aromatic nitrogens is 2. The lowest BCUT2D eigenvalue weighted by Gasteiger charge is -2.15. The molecular formula is C16H19ClIN5O. The van der Waals surface area contributed by atoms with Gasteiger partial charge in [0.15, 0.2) is 5.96 Å². The second kappa shape index (κ2) is 9.03. The molecule has 0 atom stereocenters. The molecular weight excluding hydrogens is 441 g/mol. The van der Waals surface area contributed by atoms with Gasteiger partial charge in [0.2, 0.25) is 11.7 Å². The van der Waals surface area contributed by atoms with Crippen molar-refractivity contribution in [1.82, 2.24) is 20.8 Å². The highest BCUT2D eigenvalue weighted by atomic mass is 127. The predicted octanol–water partition coefficient (Wildman–Crippen LogP) is 3.39. The Balaban J connectivity index is 0.00000208. The maximum atomic E-state index is 5.88. The molecule has 1 heterocycles. The first kappa shape index (κ1) is 18.7. The lowest BCUT2D eigenvalue weighted by atomic mass is 10.2. The van der Waals surface area contributed by atoms with Gasteiger partial charge in [-0.3, -0.25) is 4.99 Å². The van der Waals surface area contributed by atoms with E-state index in [1.54, 1.807) is 19.2 Å². The summed E-state index contributed by atoms with van der Waals surface area (Å²) in [7, 11) is 1.74. The van der Waals surface area contributed by atoms with Crippen LogP contribution in [0.25, 0.3) is 11.4 Å². The summed E-state index contributed by atoms with van der Waals surface area (Å²) in [4.78, 5) is 8.57. The number of rotatable bonds is 4. The van der Waals surface area contributed by atoms with Crippen molar-refractivity contribution >= 4 is 41.5 Å². The maximum Gasteiger partial charge on any atom is 0.246 e. The number of halogens is 2. The van der Waals surface area contributed by atoms with Gasteiger partial charge in [-0.1, -0.05) is 28.9 Å². The van der Waals surface area contributed by atoms with Crippen LogP contribution in [0.1, 0.15) is 18.7 Å². The van der Waals surface area contributed by atoms with E-state index in [-0.39, 0.29) is 24.0 Å². The topological polar surface area (TPSA) is 75.3 Å². The molecule has 1 aromatic heterocycles. The van der Waals surface area contributed by atoms with Gasteiger partial charge in [0.1, 0.15) is 0 Å². The summed E-state index contributed by atoms with van der Waals surface area (Å²) < 4.78 is 5.26. The van der Waals surface area contributed by atoms with Crippen LogP contribution in [-0.2, 0) is 6.54 Å². The van der Waals surface area contributed by atoms with E-state index in [0.29, 0.717) is 29.3 Å². The van der Waals surface area contributed by atoms with Crippen LogP contribution in [0.5, 0.6) is 0 Å². The molecule has 0 saturated heterocycles. The molecule has 3 rings (SSSR count). The first-order valence-corrected chi connectivity index (χ1v) is 7.83. The molecule has 0 amide bonds. The van der Waals surface area contributed by atoms with Gasteiger partial charge >= 0.3 is 0 Å². The van der Waals surface area contributed by atoms with Crippen molar-refractivity contribution in [3.8, 4) is 11.4 Å².